The van der Waals surface area contributed by atoms with E-state index >= 15 is 0 Å². The van der Waals surface area contributed by atoms with Crippen molar-refractivity contribution in [1.82, 2.24) is 5.32 Å². The van der Waals surface area contributed by atoms with Crippen LogP contribution in [0.2, 0.25) is 0 Å². The van der Waals surface area contributed by atoms with Gasteiger partial charge in [-0.25, -0.2) is 4.79 Å². The van der Waals surface area contributed by atoms with Crippen LogP contribution < -0.4 is 15.7 Å². The molecule has 5 nitrogen and oxygen atoms in total. The zero-order valence-corrected chi connectivity index (χ0v) is 15.0. The van der Waals surface area contributed by atoms with Crippen LogP contribution in [0.4, 0.5) is 0 Å². The third kappa shape index (κ3) is 3.94. The third-order valence-corrected chi connectivity index (χ3v) is 4.26. The predicted octanol–water partition coefficient (Wildman–Crippen LogP) is 3.75. The molecule has 5 heteroatoms. The summed E-state index contributed by atoms with van der Waals surface area (Å²) in [5.74, 6) is 0.258. The van der Waals surface area contributed by atoms with Gasteiger partial charge >= 0.3 is 5.63 Å². The van der Waals surface area contributed by atoms with Crippen LogP contribution in [-0.4, -0.2) is 12.0 Å². The quantitative estimate of drug-likeness (QED) is 0.711. The zero-order valence-electron chi connectivity index (χ0n) is 15.0. The molecular formula is C21H21NO4. The maximum absolute atomic E-state index is 12.4. The Bertz CT molecular complexity index is 978. The number of aryl methyl sites for hydroxylation is 1. The van der Waals surface area contributed by atoms with Crippen LogP contribution >= 0.6 is 0 Å². The molecule has 2 atom stereocenters. The summed E-state index contributed by atoms with van der Waals surface area (Å²) in [7, 11) is 0. The molecule has 3 aromatic rings. The van der Waals surface area contributed by atoms with E-state index in [0.717, 1.165) is 16.5 Å². The van der Waals surface area contributed by atoms with Gasteiger partial charge in [-0.3, -0.25) is 4.79 Å². The largest absolute Gasteiger partial charge is 0.481 e. The molecule has 0 aliphatic rings. The first-order valence-corrected chi connectivity index (χ1v) is 8.50. The molecule has 0 unspecified atom stereocenters. The van der Waals surface area contributed by atoms with Gasteiger partial charge in [0.05, 0.1) is 6.04 Å². The minimum atomic E-state index is -0.685. The molecule has 0 saturated heterocycles. The van der Waals surface area contributed by atoms with Crippen LogP contribution in [0.15, 0.2) is 63.8 Å². The normalized spacial score (nSPS) is 13.2. The number of fused-ring (bicyclic) bond motifs is 1. The molecule has 0 aliphatic carbocycles. The van der Waals surface area contributed by atoms with E-state index in [0.29, 0.717) is 11.3 Å². The van der Waals surface area contributed by atoms with Gasteiger partial charge in [0.15, 0.2) is 6.10 Å². The van der Waals surface area contributed by atoms with Crippen molar-refractivity contribution in [1.29, 1.82) is 0 Å². The molecule has 2 aromatic carbocycles. The first kappa shape index (κ1) is 17.7. The fourth-order valence-electron chi connectivity index (χ4n) is 2.79. The van der Waals surface area contributed by atoms with Crippen molar-refractivity contribution >= 4 is 16.9 Å². The minimum absolute atomic E-state index is 0.118. The van der Waals surface area contributed by atoms with Gasteiger partial charge in [-0.2, -0.15) is 0 Å². The monoisotopic (exact) mass is 351 g/mol. The summed E-state index contributed by atoms with van der Waals surface area (Å²) in [6, 6.07) is 16.3. The van der Waals surface area contributed by atoms with Gasteiger partial charge in [-0.15, -0.1) is 0 Å². The highest BCUT2D eigenvalue weighted by Gasteiger charge is 2.18. The lowest BCUT2D eigenvalue weighted by Crippen LogP contribution is -2.37. The van der Waals surface area contributed by atoms with Gasteiger partial charge in [0.2, 0.25) is 0 Å². The fourth-order valence-corrected chi connectivity index (χ4v) is 2.79. The maximum Gasteiger partial charge on any atom is 0.336 e. The highest BCUT2D eigenvalue weighted by Crippen LogP contribution is 2.23. The smallest absolute Gasteiger partial charge is 0.336 e. The van der Waals surface area contributed by atoms with Crippen molar-refractivity contribution in [3.8, 4) is 5.75 Å². The molecular weight excluding hydrogens is 330 g/mol. The number of ether oxygens (including phenoxy) is 1. The van der Waals surface area contributed by atoms with Crippen molar-refractivity contribution in [3.05, 3.63) is 76.1 Å². The predicted molar refractivity (Wildman–Crippen MR) is 100 cm³/mol. The van der Waals surface area contributed by atoms with Crippen LogP contribution in [0, 0.1) is 6.92 Å². The van der Waals surface area contributed by atoms with E-state index in [1.165, 1.54) is 6.07 Å². The summed E-state index contributed by atoms with van der Waals surface area (Å²) in [6.45, 7) is 5.46. The minimum Gasteiger partial charge on any atom is -0.481 e. The van der Waals surface area contributed by atoms with Crippen LogP contribution in [0.3, 0.4) is 0 Å². The highest BCUT2D eigenvalue weighted by atomic mass is 16.5. The van der Waals surface area contributed by atoms with Crippen LogP contribution in [0.1, 0.15) is 31.0 Å². The molecule has 1 heterocycles. The Balaban J connectivity index is 1.71. The molecule has 3 rings (SSSR count). The fraction of sp³-hybridized carbons (Fsp3) is 0.238. The Morgan fingerprint density at radius 1 is 1.08 bits per heavy atom. The van der Waals surface area contributed by atoms with E-state index in [2.05, 4.69) is 5.32 Å². The Morgan fingerprint density at radius 2 is 1.81 bits per heavy atom. The topological polar surface area (TPSA) is 68.5 Å². The molecule has 0 saturated carbocycles. The van der Waals surface area contributed by atoms with Crippen molar-refractivity contribution in [2.24, 2.45) is 0 Å². The summed E-state index contributed by atoms with van der Waals surface area (Å²) < 4.78 is 10.9. The second kappa shape index (κ2) is 7.44. The summed E-state index contributed by atoms with van der Waals surface area (Å²) in [5.41, 5.74) is 1.90. The van der Waals surface area contributed by atoms with Gasteiger partial charge in [0, 0.05) is 17.5 Å². The summed E-state index contributed by atoms with van der Waals surface area (Å²) in [5, 5.41) is 3.77. The SMILES string of the molecule is Cc1cc(=O)oc2cc(O[C@H](C)C(=O)N[C@@H](C)c3ccccc3)ccc12. The van der Waals surface area contributed by atoms with E-state index in [1.807, 2.05) is 50.2 Å². The van der Waals surface area contributed by atoms with Gasteiger partial charge in [-0.05, 0) is 44.0 Å². The van der Waals surface area contributed by atoms with Crippen molar-refractivity contribution in [3.63, 3.8) is 0 Å². The molecule has 1 amide bonds. The Kier molecular flexibility index (Phi) is 5.07. The molecule has 0 radical (unpaired) electrons. The number of nitrogens with one attached hydrogen (secondary N) is 1. The molecule has 1 aromatic heterocycles. The summed E-state index contributed by atoms with van der Waals surface area (Å²) in [6.07, 6.45) is -0.685. The average molecular weight is 351 g/mol. The second-order valence-electron chi connectivity index (χ2n) is 6.31. The van der Waals surface area contributed by atoms with E-state index < -0.39 is 11.7 Å². The number of rotatable bonds is 5. The number of hydrogen-bond acceptors (Lipinski definition) is 4. The molecule has 1 N–H and O–H groups in total. The van der Waals surface area contributed by atoms with Crippen LogP contribution in [-0.2, 0) is 4.79 Å². The zero-order chi connectivity index (χ0) is 18.7. The average Bonchev–Trinajstić information content (AvgIpc) is 2.61. The molecule has 0 spiro atoms. The standard InChI is InChI=1S/C21H21NO4/c1-13-11-20(23)26-19-12-17(9-10-18(13)19)25-15(3)21(24)22-14(2)16-7-5-4-6-8-16/h4-12,14-15H,1-3H3,(H,22,24)/t14-,15+/m0/s1. The number of carbonyl (C=O) groups is 1. The highest BCUT2D eigenvalue weighted by molar-refractivity contribution is 5.83. The van der Waals surface area contributed by atoms with Gasteiger partial charge in [-0.1, -0.05) is 30.3 Å². The van der Waals surface area contributed by atoms with E-state index in [1.54, 1.807) is 19.1 Å². The summed E-state index contributed by atoms with van der Waals surface area (Å²) >= 11 is 0. The molecule has 0 bridgehead atoms. The summed E-state index contributed by atoms with van der Waals surface area (Å²) in [4.78, 5) is 23.9. The number of hydrogen-bond donors (Lipinski definition) is 1. The molecule has 134 valence electrons. The first-order valence-electron chi connectivity index (χ1n) is 8.50. The first-order chi connectivity index (χ1) is 12.4. The number of carbonyl (C=O) groups excluding carboxylic acids is 1. The van der Waals surface area contributed by atoms with Gasteiger partial charge in [0.25, 0.3) is 5.91 Å². The Morgan fingerprint density at radius 3 is 2.54 bits per heavy atom. The Hall–Kier alpha value is -3.08. The molecule has 26 heavy (non-hydrogen) atoms. The van der Waals surface area contributed by atoms with Crippen LogP contribution in [0.25, 0.3) is 11.0 Å². The Labute approximate surface area is 151 Å². The van der Waals surface area contributed by atoms with E-state index in [9.17, 15) is 9.59 Å². The lowest BCUT2D eigenvalue weighted by molar-refractivity contribution is -0.127. The van der Waals surface area contributed by atoms with Crippen molar-refractivity contribution in [2.75, 3.05) is 0 Å². The maximum atomic E-state index is 12.4. The number of benzene rings is 2. The lowest BCUT2D eigenvalue weighted by atomic mass is 10.1. The van der Waals surface area contributed by atoms with E-state index in [4.69, 9.17) is 9.15 Å². The van der Waals surface area contributed by atoms with Gasteiger partial charge in [0.1, 0.15) is 11.3 Å². The number of amides is 1. The van der Waals surface area contributed by atoms with Crippen molar-refractivity contribution < 1.29 is 13.9 Å². The van der Waals surface area contributed by atoms with Gasteiger partial charge < -0.3 is 14.5 Å². The lowest BCUT2D eigenvalue weighted by Gasteiger charge is -2.19. The van der Waals surface area contributed by atoms with Crippen molar-refractivity contribution in [2.45, 2.75) is 32.9 Å². The van der Waals surface area contributed by atoms with E-state index in [-0.39, 0.29) is 11.9 Å². The third-order valence-electron chi connectivity index (χ3n) is 4.26. The molecule has 0 fully saturated rings. The van der Waals surface area contributed by atoms with Crippen LogP contribution in [0.5, 0.6) is 5.75 Å². The second-order valence-corrected chi connectivity index (χ2v) is 6.31. The molecule has 0 aliphatic heterocycles.